The highest BCUT2D eigenvalue weighted by atomic mass is 32.2. The van der Waals surface area contributed by atoms with Crippen LogP contribution in [0.1, 0.15) is 57.3 Å². The van der Waals surface area contributed by atoms with Crippen molar-refractivity contribution < 1.29 is 27.9 Å². The van der Waals surface area contributed by atoms with Crippen LogP contribution < -0.4 is 25.6 Å². The second kappa shape index (κ2) is 16.9. The number of carbonyl (C=O) groups is 3. The fraction of sp³-hybridized carbons (Fsp3) is 0.270. The monoisotopic (exact) mass is 685 g/mol. The average Bonchev–Trinajstić information content (AvgIpc) is 3.07. The molecular weight excluding hydrogens is 643 g/mol. The van der Waals surface area contributed by atoms with Crippen LogP contribution in [0, 0.1) is 0 Å². The van der Waals surface area contributed by atoms with E-state index in [1.54, 1.807) is 6.07 Å². The van der Waals surface area contributed by atoms with E-state index in [1.165, 1.54) is 32.2 Å². The Bertz CT molecular complexity index is 1850. The lowest BCUT2D eigenvalue weighted by atomic mass is 10.00. The predicted molar refractivity (Wildman–Crippen MR) is 192 cm³/mol. The molecule has 5 N–H and O–H groups in total. The summed E-state index contributed by atoms with van der Waals surface area (Å²) >= 11 is 0. The molecule has 11 nitrogen and oxygen atoms in total. The molecule has 12 heteroatoms. The number of nitrogens with one attached hydrogen (secondary N) is 4. The number of hydrogen-bond donors (Lipinski definition) is 5. The number of anilines is 2. The molecule has 3 atom stereocenters. The lowest BCUT2D eigenvalue weighted by Crippen LogP contribution is -2.48. The molecule has 4 aromatic carbocycles. The molecule has 3 amide bonds. The zero-order valence-corrected chi connectivity index (χ0v) is 28.8. The fourth-order valence-corrected chi connectivity index (χ4v) is 5.71. The van der Waals surface area contributed by atoms with E-state index >= 15 is 0 Å². The van der Waals surface area contributed by atoms with Crippen molar-refractivity contribution in [3.05, 3.63) is 131 Å². The normalized spacial score (nSPS) is 13.1. The molecule has 0 bridgehead atoms. The van der Waals surface area contributed by atoms with Gasteiger partial charge in [-0.05, 0) is 60.4 Å². The van der Waals surface area contributed by atoms with Crippen LogP contribution in [-0.2, 0) is 27.8 Å². The SMILES string of the molecule is CC(=O)Nc1cccc(CNCC(O)C(Cc2ccccc2)NC(=O)c2cc(C(=O)NC(C)c3ccccc3)cc(N(C)S(C)(=O)=O)c2)c1. The Morgan fingerprint density at radius 3 is 2.00 bits per heavy atom. The van der Waals surface area contributed by atoms with Crippen molar-refractivity contribution >= 4 is 39.1 Å². The molecular formula is C37H43N5O6S. The molecule has 0 saturated heterocycles. The number of hydrogen-bond acceptors (Lipinski definition) is 7. The summed E-state index contributed by atoms with van der Waals surface area (Å²) in [6, 6.07) is 29.2. The highest BCUT2D eigenvalue weighted by Crippen LogP contribution is 2.22. The minimum absolute atomic E-state index is 0.0542. The maximum Gasteiger partial charge on any atom is 0.251 e. The second-order valence-electron chi connectivity index (χ2n) is 12.0. The van der Waals surface area contributed by atoms with Gasteiger partial charge in [-0.3, -0.25) is 18.7 Å². The van der Waals surface area contributed by atoms with Crippen molar-refractivity contribution in [1.82, 2.24) is 16.0 Å². The smallest absolute Gasteiger partial charge is 0.251 e. The standard InChI is InChI=1S/C37H43N5O6S/c1-25(29-15-9-6-10-16-29)39-36(45)30-20-31(22-33(21-30)42(3)49(4,47)48)37(46)41-34(19-27-12-7-5-8-13-27)35(44)24-38-23-28-14-11-17-32(18-28)40-26(2)43/h5-18,20-22,25,34-35,38,44H,19,23-24H2,1-4H3,(H,39,45)(H,40,43)(H,41,46). The van der Waals surface area contributed by atoms with Gasteiger partial charge in [0, 0.05) is 43.9 Å². The van der Waals surface area contributed by atoms with Crippen LogP contribution in [0.4, 0.5) is 11.4 Å². The summed E-state index contributed by atoms with van der Waals surface area (Å²) in [5, 5.41) is 23.1. The predicted octanol–water partition coefficient (Wildman–Crippen LogP) is 4.02. The summed E-state index contributed by atoms with van der Waals surface area (Å²) in [6.45, 7) is 3.79. The maximum atomic E-state index is 13.8. The van der Waals surface area contributed by atoms with Gasteiger partial charge in [-0.25, -0.2) is 8.42 Å². The number of aliphatic hydroxyl groups is 1. The number of nitrogens with zero attached hydrogens (tertiary/aromatic N) is 1. The van der Waals surface area contributed by atoms with E-state index < -0.39 is 34.0 Å². The highest BCUT2D eigenvalue weighted by Gasteiger charge is 2.25. The van der Waals surface area contributed by atoms with Crippen LogP contribution in [0.15, 0.2) is 103 Å². The molecule has 0 aromatic heterocycles. The fourth-order valence-electron chi connectivity index (χ4n) is 5.22. The van der Waals surface area contributed by atoms with Crippen LogP contribution in [-0.4, -0.2) is 63.2 Å². The molecule has 3 unspecified atom stereocenters. The van der Waals surface area contributed by atoms with Crippen molar-refractivity contribution in [3.63, 3.8) is 0 Å². The summed E-state index contributed by atoms with van der Waals surface area (Å²) in [5.41, 5.74) is 3.60. The van der Waals surface area contributed by atoms with Gasteiger partial charge in [0.1, 0.15) is 0 Å². The third kappa shape index (κ3) is 11.0. The first-order chi connectivity index (χ1) is 23.3. The Labute approximate surface area is 287 Å². The molecule has 0 radical (unpaired) electrons. The third-order valence-electron chi connectivity index (χ3n) is 7.96. The van der Waals surface area contributed by atoms with E-state index in [0.717, 1.165) is 27.3 Å². The van der Waals surface area contributed by atoms with Crippen LogP contribution in [0.25, 0.3) is 0 Å². The van der Waals surface area contributed by atoms with E-state index in [-0.39, 0.29) is 35.3 Å². The second-order valence-corrected chi connectivity index (χ2v) is 14.0. The summed E-state index contributed by atoms with van der Waals surface area (Å²) in [5.74, 6) is -1.25. The van der Waals surface area contributed by atoms with Crippen molar-refractivity contribution in [2.75, 3.05) is 29.5 Å². The minimum Gasteiger partial charge on any atom is -0.390 e. The van der Waals surface area contributed by atoms with Gasteiger partial charge >= 0.3 is 0 Å². The number of benzene rings is 4. The molecule has 0 aliphatic heterocycles. The molecule has 0 heterocycles. The molecule has 49 heavy (non-hydrogen) atoms. The summed E-state index contributed by atoms with van der Waals surface area (Å²) in [7, 11) is -2.38. The molecule has 0 aliphatic carbocycles. The largest absolute Gasteiger partial charge is 0.390 e. The molecule has 0 aliphatic rings. The van der Waals surface area contributed by atoms with Crippen LogP contribution >= 0.6 is 0 Å². The Morgan fingerprint density at radius 1 is 0.796 bits per heavy atom. The van der Waals surface area contributed by atoms with E-state index in [1.807, 2.05) is 85.8 Å². The molecule has 4 aromatic rings. The summed E-state index contributed by atoms with van der Waals surface area (Å²) in [4.78, 5) is 38.7. The number of amides is 3. The topological polar surface area (TPSA) is 157 Å². The Hall–Kier alpha value is -5.04. The third-order valence-corrected chi connectivity index (χ3v) is 9.17. The van der Waals surface area contributed by atoms with Gasteiger partial charge in [0.2, 0.25) is 15.9 Å². The highest BCUT2D eigenvalue weighted by molar-refractivity contribution is 7.92. The molecule has 0 spiro atoms. The first-order valence-electron chi connectivity index (χ1n) is 15.8. The number of sulfonamides is 1. The zero-order chi connectivity index (χ0) is 35.6. The van der Waals surface area contributed by atoms with Gasteiger partial charge < -0.3 is 26.4 Å². The zero-order valence-electron chi connectivity index (χ0n) is 28.0. The van der Waals surface area contributed by atoms with Gasteiger partial charge in [-0.1, -0.05) is 72.8 Å². The van der Waals surface area contributed by atoms with Gasteiger partial charge in [-0.15, -0.1) is 0 Å². The Morgan fingerprint density at radius 2 is 1.39 bits per heavy atom. The van der Waals surface area contributed by atoms with Crippen LogP contribution in [0.5, 0.6) is 0 Å². The summed E-state index contributed by atoms with van der Waals surface area (Å²) < 4.78 is 25.9. The van der Waals surface area contributed by atoms with E-state index in [9.17, 15) is 27.9 Å². The van der Waals surface area contributed by atoms with Gasteiger partial charge in [0.25, 0.3) is 11.8 Å². The number of carbonyl (C=O) groups excluding carboxylic acids is 3. The molecule has 4 rings (SSSR count). The van der Waals surface area contributed by atoms with Crippen LogP contribution in [0.3, 0.4) is 0 Å². The average molecular weight is 686 g/mol. The first kappa shape index (κ1) is 36.8. The first-order valence-corrected chi connectivity index (χ1v) is 17.7. The van der Waals surface area contributed by atoms with Crippen molar-refractivity contribution in [1.29, 1.82) is 0 Å². The van der Waals surface area contributed by atoms with Crippen molar-refractivity contribution in [2.24, 2.45) is 0 Å². The van der Waals surface area contributed by atoms with Gasteiger partial charge in [0.15, 0.2) is 0 Å². The van der Waals surface area contributed by atoms with Crippen molar-refractivity contribution in [3.8, 4) is 0 Å². The maximum absolute atomic E-state index is 13.8. The Kier molecular flexibility index (Phi) is 12.7. The van der Waals surface area contributed by atoms with Gasteiger partial charge in [0.05, 0.1) is 30.1 Å². The number of rotatable bonds is 15. The summed E-state index contributed by atoms with van der Waals surface area (Å²) in [6.07, 6.45) is 0.309. The van der Waals surface area contributed by atoms with Crippen molar-refractivity contribution in [2.45, 2.75) is 45.0 Å². The molecule has 0 saturated carbocycles. The molecule has 0 fully saturated rings. The van der Waals surface area contributed by atoms with E-state index in [4.69, 9.17) is 0 Å². The quantitative estimate of drug-likeness (QED) is 0.127. The van der Waals surface area contributed by atoms with Crippen LogP contribution in [0.2, 0.25) is 0 Å². The van der Waals surface area contributed by atoms with E-state index in [0.29, 0.717) is 18.7 Å². The minimum atomic E-state index is -3.73. The van der Waals surface area contributed by atoms with Gasteiger partial charge in [-0.2, -0.15) is 0 Å². The number of aliphatic hydroxyl groups excluding tert-OH is 1. The molecule has 258 valence electrons. The lowest BCUT2D eigenvalue weighted by molar-refractivity contribution is -0.114. The lowest BCUT2D eigenvalue weighted by Gasteiger charge is -2.26. The van der Waals surface area contributed by atoms with E-state index in [2.05, 4.69) is 21.3 Å². The Balaban J connectivity index is 1.56.